The Morgan fingerprint density at radius 3 is 2.83 bits per heavy atom. The summed E-state index contributed by atoms with van der Waals surface area (Å²) < 4.78 is 19.7. The van der Waals surface area contributed by atoms with E-state index >= 15 is 0 Å². The Bertz CT molecular complexity index is 1060. The van der Waals surface area contributed by atoms with Crippen LogP contribution in [0.1, 0.15) is 24.7 Å². The number of β-amino-alcohol motifs (C(OH)–C–C–N with tert-alkyl or cyclic N) is 1. The van der Waals surface area contributed by atoms with Gasteiger partial charge < -0.3 is 23.9 Å². The van der Waals surface area contributed by atoms with Crippen molar-refractivity contribution in [1.29, 1.82) is 0 Å². The van der Waals surface area contributed by atoms with Crippen LogP contribution in [0.25, 0.3) is 0 Å². The number of nitrogens with zero attached hydrogens (tertiary/aromatic N) is 3. The van der Waals surface area contributed by atoms with E-state index in [1.165, 1.54) is 0 Å². The minimum absolute atomic E-state index is 0.144. The molecule has 0 radical (unpaired) electrons. The first-order chi connectivity index (χ1) is 17.0. The largest absolute Gasteiger partial charge is 0.494 e. The molecule has 3 aromatic rings. The molecule has 0 unspecified atom stereocenters. The fourth-order valence-electron chi connectivity index (χ4n) is 4.24. The number of aryl methyl sites for hydroxylation is 2. The van der Waals surface area contributed by atoms with Gasteiger partial charge in [-0.2, -0.15) is 0 Å². The third kappa shape index (κ3) is 7.70. The van der Waals surface area contributed by atoms with Crippen LogP contribution >= 0.6 is 11.6 Å². The van der Waals surface area contributed by atoms with Gasteiger partial charge in [0.25, 0.3) is 0 Å². The number of halogens is 1. The molecule has 35 heavy (non-hydrogen) atoms. The highest BCUT2D eigenvalue weighted by Crippen LogP contribution is 2.21. The molecule has 8 heteroatoms. The molecule has 0 bridgehead atoms. The van der Waals surface area contributed by atoms with Crippen molar-refractivity contribution >= 4 is 11.6 Å². The van der Waals surface area contributed by atoms with Gasteiger partial charge in [-0.3, -0.25) is 4.90 Å². The molecule has 1 saturated heterocycles. The molecule has 2 heterocycles. The van der Waals surface area contributed by atoms with Crippen molar-refractivity contribution in [3.05, 3.63) is 77.3 Å². The van der Waals surface area contributed by atoms with E-state index in [1.54, 1.807) is 24.3 Å². The van der Waals surface area contributed by atoms with Crippen LogP contribution in [0.2, 0.25) is 5.02 Å². The molecule has 188 valence electrons. The molecule has 1 aromatic heterocycles. The lowest BCUT2D eigenvalue weighted by Gasteiger charge is -2.30. The number of imidazole rings is 1. The van der Waals surface area contributed by atoms with Crippen molar-refractivity contribution < 1.29 is 19.3 Å². The Morgan fingerprint density at radius 2 is 2.00 bits per heavy atom. The van der Waals surface area contributed by atoms with E-state index in [-0.39, 0.29) is 13.2 Å². The van der Waals surface area contributed by atoms with E-state index < -0.39 is 5.60 Å². The van der Waals surface area contributed by atoms with Crippen LogP contribution in [0.4, 0.5) is 0 Å². The fraction of sp³-hybridized carbons (Fsp3) is 0.444. The normalized spacial score (nSPS) is 18.8. The molecule has 0 saturated carbocycles. The smallest absolute Gasteiger partial charge is 0.134 e. The molecule has 0 aliphatic carbocycles. The van der Waals surface area contributed by atoms with Gasteiger partial charge in [0.1, 0.15) is 29.5 Å². The van der Waals surface area contributed by atoms with E-state index in [9.17, 15) is 5.11 Å². The first-order valence-corrected chi connectivity index (χ1v) is 12.5. The van der Waals surface area contributed by atoms with Crippen molar-refractivity contribution in [2.24, 2.45) is 0 Å². The summed E-state index contributed by atoms with van der Waals surface area (Å²) in [4.78, 5) is 6.56. The number of benzene rings is 2. The minimum Gasteiger partial charge on any atom is -0.494 e. The quantitative estimate of drug-likeness (QED) is 0.399. The molecule has 0 amide bonds. The Balaban J connectivity index is 1.28. The van der Waals surface area contributed by atoms with Crippen molar-refractivity contribution in [3.8, 4) is 11.5 Å². The van der Waals surface area contributed by atoms with Gasteiger partial charge in [-0.1, -0.05) is 30.7 Å². The van der Waals surface area contributed by atoms with Gasteiger partial charge in [-0.05, 0) is 48.4 Å². The van der Waals surface area contributed by atoms with Crippen LogP contribution in [0, 0.1) is 0 Å². The summed E-state index contributed by atoms with van der Waals surface area (Å²) >= 11 is 5.94. The zero-order chi connectivity index (χ0) is 24.5. The second-order valence-corrected chi connectivity index (χ2v) is 9.41. The maximum atomic E-state index is 11.2. The molecule has 1 atom stereocenters. The molecule has 1 N–H and O–H groups in total. The highest BCUT2D eigenvalue weighted by Gasteiger charge is 2.33. The Labute approximate surface area is 212 Å². The van der Waals surface area contributed by atoms with Gasteiger partial charge in [0.2, 0.25) is 0 Å². The van der Waals surface area contributed by atoms with Crippen molar-refractivity contribution in [3.63, 3.8) is 0 Å². The summed E-state index contributed by atoms with van der Waals surface area (Å²) in [5.74, 6) is 2.63. The number of aliphatic hydroxyl groups is 1. The number of ether oxygens (including phenoxy) is 3. The zero-order valence-electron chi connectivity index (χ0n) is 20.2. The number of aromatic nitrogens is 2. The standard InChI is InChI=1S/C27H34ClN3O4/c1-2-26-29-11-13-31(26)12-4-15-34-25-6-3-5-22(17-25)18-30-14-16-33-20-27(32,19-30)21-35-24-9-7-23(28)8-10-24/h3,5-11,13,17,32H,2,4,12,14-16,18-21H2,1H3/t27-/m0/s1. The van der Waals surface area contributed by atoms with Gasteiger partial charge in [0.05, 0.1) is 19.8 Å². The van der Waals surface area contributed by atoms with E-state index in [0.717, 1.165) is 43.1 Å². The van der Waals surface area contributed by atoms with Crippen LogP contribution in [0.5, 0.6) is 11.5 Å². The molecular formula is C27H34ClN3O4. The summed E-state index contributed by atoms with van der Waals surface area (Å²) in [7, 11) is 0. The Kier molecular flexibility index (Phi) is 9.04. The molecular weight excluding hydrogens is 466 g/mol. The molecule has 1 fully saturated rings. The number of hydrogen-bond donors (Lipinski definition) is 1. The lowest BCUT2D eigenvalue weighted by Crippen LogP contribution is -2.48. The maximum absolute atomic E-state index is 11.2. The van der Waals surface area contributed by atoms with Gasteiger partial charge in [0, 0.05) is 50.0 Å². The van der Waals surface area contributed by atoms with Crippen LogP contribution < -0.4 is 9.47 Å². The number of rotatable bonds is 11. The lowest BCUT2D eigenvalue weighted by molar-refractivity contribution is -0.0646. The highest BCUT2D eigenvalue weighted by atomic mass is 35.5. The third-order valence-corrected chi connectivity index (χ3v) is 6.25. The van der Waals surface area contributed by atoms with Gasteiger partial charge in [0.15, 0.2) is 0 Å². The maximum Gasteiger partial charge on any atom is 0.134 e. The predicted octanol–water partition coefficient (Wildman–Crippen LogP) is 4.21. The SMILES string of the molecule is CCc1nccn1CCCOc1cccc(CN2CCOC[C@](O)(COc3ccc(Cl)cc3)C2)c1. The topological polar surface area (TPSA) is 69.0 Å². The average Bonchev–Trinajstić information content (AvgIpc) is 3.24. The van der Waals surface area contributed by atoms with E-state index in [0.29, 0.717) is 37.1 Å². The summed E-state index contributed by atoms with van der Waals surface area (Å²) in [6.07, 6.45) is 5.71. The molecule has 1 aliphatic heterocycles. The van der Waals surface area contributed by atoms with E-state index in [1.807, 2.05) is 24.5 Å². The Morgan fingerprint density at radius 1 is 1.14 bits per heavy atom. The first kappa shape index (κ1) is 25.5. The van der Waals surface area contributed by atoms with Gasteiger partial charge in [-0.25, -0.2) is 4.98 Å². The monoisotopic (exact) mass is 499 g/mol. The second-order valence-electron chi connectivity index (χ2n) is 8.97. The Hall–Kier alpha value is -2.58. The molecule has 7 nitrogen and oxygen atoms in total. The van der Waals surface area contributed by atoms with Crippen molar-refractivity contribution in [2.45, 2.75) is 38.5 Å². The first-order valence-electron chi connectivity index (χ1n) is 12.2. The summed E-state index contributed by atoms with van der Waals surface area (Å²) in [5.41, 5.74) is 0.0304. The third-order valence-electron chi connectivity index (χ3n) is 6.00. The van der Waals surface area contributed by atoms with Gasteiger partial charge in [-0.15, -0.1) is 0 Å². The molecule has 0 spiro atoms. The second kappa shape index (κ2) is 12.4. The minimum atomic E-state index is -1.10. The predicted molar refractivity (Wildman–Crippen MR) is 136 cm³/mol. The molecule has 1 aliphatic rings. The summed E-state index contributed by atoms with van der Waals surface area (Å²) in [5, 5.41) is 11.8. The van der Waals surface area contributed by atoms with Crippen LogP contribution in [-0.2, 0) is 24.2 Å². The van der Waals surface area contributed by atoms with Crippen molar-refractivity contribution in [1.82, 2.24) is 14.5 Å². The van der Waals surface area contributed by atoms with Crippen LogP contribution in [0.15, 0.2) is 60.9 Å². The summed E-state index contributed by atoms with van der Waals surface area (Å²) in [6.45, 7) is 6.48. The van der Waals surface area contributed by atoms with E-state index in [2.05, 4.69) is 33.5 Å². The lowest BCUT2D eigenvalue weighted by atomic mass is 10.1. The summed E-state index contributed by atoms with van der Waals surface area (Å²) in [6, 6.07) is 15.3. The van der Waals surface area contributed by atoms with E-state index in [4.69, 9.17) is 25.8 Å². The highest BCUT2D eigenvalue weighted by molar-refractivity contribution is 6.30. The molecule has 2 aromatic carbocycles. The fourth-order valence-corrected chi connectivity index (χ4v) is 4.37. The van der Waals surface area contributed by atoms with Gasteiger partial charge >= 0.3 is 0 Å². The molecule has 4 rings (SSSR count). The number of hydrogen-bond acceptors (Lipinski definition) is 6. The average molecular weight is 500 g/mol. The zero-order valence-corrected chi connectivity index (χ0v) is 21.0. The van der Waals surface area contributed by atoms with Crippen molar-refractivity contribution in [2.75, 3.05) is 39.5 Å². The van der Waals surface area contributed by atoms with Crippen LogP contribution in [-0.4, -0.2) is 64.7 Å². The van der Waals surface area contributed by atoms with Crippen LogP contribution in [0.3, 0.4) is 0 Å².